The molecule has 0 aliphatic carbocycles. The minimum atomic E-state index is -4.34. The van der Waals surface area contributed by atoms with Gasteiger partial charge in [0.25, 0.3) is 5.91 Å². The second-order valence-corrected chi connectivity index (χ2v) is 11.6. The van der Waals surface area contributed by atoms with Crippen LogP contribution in [-0.2, 0) is 19.3 Å². The standard InChI is InChI=1S/C34H36F3N3O3/c35-34(36,37)27-8-4-7-25(19-27)23-40-17-13-29(14-18-40)42-30-9-10-31-26(20-30)21-32(43-31)33(41)38-28-11-15-39(16-12-28)22-24-5-2-1-3-6-24/h1-10,19-21,28-29H,11-18,22-23H2,(H,38,41). The molecule has 2 saturated heterocycles. The lowest BCUT2D eigenvalue weighted by Gasteiger charge is -2.32. The van der Waals surface area contributed by atoms with Crippen molar-refractivity contribution in [2.75, 3.05) is 26.2 Å². The Morgan fingerprint density at radius 3 is 2.21 bits per heavy atom. The lowest BCUT2D eigenvalue weighted by molar-refractivity contribution is -0.137. The maximum absolute atomic E-state index is 13.1. The third-order valence-electron chi connectivity index (χ3n) is 8.38. The number of piperidine rings is 2. The first-order valence-electron chi connectivity index (χ1n) is 14.9. The van der Waals surface area contributed by atoms with Crippen LogP contribution in [0.25, 0.3) is 11.0 Å². The molecule has 226 valence electrons. The number of alkyl halides is 3. The third kappa shape index (κ3) is 7.58. The molecule has 0 atom stereocenters. The minimum absolute atomic E-state index is 0.0117. The summed E-state index contributed by atoms with van der Waals surface area (Å²) >= 11 is 0. The lowest BCUT2D eigenvalue weighted by Crippen LogP contribution is -2.44. The van der Waals surface area contributed by atoms with Crippen LogP contribution in [0.3, 0.4) is 0 Å². The smallest absolute Gasteiger partial charge is 0.416 e. The molecule has 43 heavy (non-hydrogen) atoms. The topological polar surface area (TPSA) is 58.0 Å². The highest BCUT2D eigenvalue weighted by molar-refractivity contribution is 5.96. The number of halogens is 3. The molecular formula is C34H36F3N3O3. The van der Waals surface area contributed by atoms with Gasteiger partial charge in [0.1, 0.15) is 17.4 Å². The van der Waals surface area contributed by atoms with Crippen molar-refractivity contribution >= 4 is 16.9 Å². The molecule has 4 aromatic rings. The molecule has 0 saturated carbocycles. The third-order valence-corrected chi connectivity index (χ3v) is 8.38. The van der Waals surface area contributed by atoms with Crippen molar-refractivity contribution in [2.45, 2.75) is 57.1 Å². The molecule has 2 aliphatic rings. The molecule has 0 spiro atoms. The van der Waals surface area contributed by atoms with Crippen molar-refractivity contribution in [3.05, 3.63) is 101 Å². The van der Waals surface area contributed by atoms with Crippen LogP contribution in [-0.4, -0.2) is 54.0 Å². The first-order chi connectivity index (χ1) is 20.8. The Kier molecular flexibility index (Phi) is 8.72. The first kappa shape index (κ1) is 29.3. The molecule has 1 amide bonds. The van der Waals surface area contributed by atoms with E-state index in [0.717, 1.165) is 69.9 Å². The molecule has 0 radical (unpaired) electrons. The Labute approximate surface area is 249 Å². The van der Waals surface area contributed by atoms with E-state index in [4.69, 9.17) is 9.15 Å². The molecular weight excluding hydrogens is 555 g/mol. The Balaban J connectivity index is 0.975. The number of benzene rings is 3. The van der Waals surface area contributed by atoms with Gasteiger partial charge < -0.3 is 14.5 Å². The van der Waals surface area contributed by atoms with E-state index < -0.39 is 11.7 Å². The molecule has 6 nitrogen and oxygen atoms in total. The van der Waals surface area contributed by atoms with E-state index in [1.165, 1.54) is 17.7 Å². The van der Waals surface area contributed by atoms with Gasteiger partial charge in [-0.15, -0.1) is 0 Å². The molecule has 6 rings (SSSR count). The summed E-state index contributed by atoms with van der Waals surface area (Å²) in [6, 6.07) is 23.4. The van der Waals surface area contributed by atoms with Crippen LogP contribution in [0.4, 0.5) is 13.2 Å². The van der Waals surface area contributed by atoms with Gasteiger partial charge in [0.2, 0.25) is 0 Å². The Hall–Kier alpha value is -3.82. The number of nitrogens with zero attached hydrogens (tertiary/aromatic N) is 2. The quantitative estimate of drug-likeness (QED) is 0.242. The summed E-state index contributed by atoms with van der Waals surface area (Å²) in [5.74, 6) is 0.803. The van der Waals surface area contributed by atoms with E-state index in [1.54, 1.807) is 12.1 Å². The van der Waals surface area contributed by atoms with Crippen molar-refractivity contribution in [3.8, 4) is 5.75 Å². The van der Waals surface area contributed by atoms with Crippen LogP contribution < -0.4 is 10.1 Å². The summed E-state index contributed by atoms with van der Waals surface area (Å²) in [6.07, 6.45) is -0.971. The average molecular weight is 592 g/mol. The zero-order valence-electron chi connectivity index (χ0n) is 24.0. The Morgan fingerprint density at radius 1 is 0.814 bits per heavy atom. The maximum atomic E-state index is 13.1. The van der Waals surface area contributed by atoms with Crippen LogP contribution in [0, 0.1) is 0 Å². The second-order valence-electron chi connectivity index (χ2n) is 11.6. The fraction of sp³-hybridized carbons (Fsp3) is 0.382. The van der Waals surface area contributed by atoms with Crippen LogP contribution in [0.1, 0.15) is 52.9 Å². The van der Waals surface area contributed by atoms with Gasteiger partial charge in [-0.05, 0) is 67.1 Å². The number of carbonyl (C=O) groups is 1. The molecule has 1 N–H and O–H groups in total. The zero-order chi connectivity index (χ0) is 29.8. The molecule has 3 heterocycles. The molecule has 3 aromatic carbocycles. The van der Waals surface area contributed by atoms with E-state index >= 15 is 0 Å². The van der Waals surface area contributed by atoms with E-state index in [2.05, 4.69) is 39.4 Å². The monoisotopic (exact) mass is 591 g/mol. The van der Waals surface area contributed by atoms with Crippen molar-refractivity contribution in [2.24, 2.45) is 0 Å². The van der Waals surface area contributed by atoms with E-state index in [-0.39, 0.29) is 18.1 Å². The van der Waals surface area contributed by atoms with Gasteiger partial charge >= 0.3 is 6.18 Å². The normalized spacial score (nSPS) is 17.7. The van der Waals surface area contributed by atoms with Gasteiger partial charge in [-0.2, -0.15) is 13.2 Å². The van der Waals surface area contributed by atoms with E-state index in [9.17, 15) is 18.0 Å². The van der Waals surface area contributed by atoms with Gasteiger partial charge in [0.15, 0.2) is 5.76 Å². The molecule has 0 bridgehead atoms. The number of fused-ring (bicyclic) bond motifs is 1. The first-order valence-corrected chi connectivity index (χ1v) is 14.9. The number of hydrogen-bond acceptors (Lipinski definition) is 5. The summed E-state index contributed by atoms with van der Waals surface area (Å²) in [6.45, 7) is 4.76. The van der Waals surface area contributed by atoms with Gasteiger partial charge in [0, 0.05) is 50.7 Å². The number of hydrogen-bond donors (Lipinski definition) is 1. The van der Waals surface area contributed by atoms with Crippen molar-refractivity contribution in [1.29, 1.82) is 0 Å². The van der Waals surface area contributed by atoms with Crippen molar-refractivity contribution in [3.63, 3.8) is 0 Å². The van der Waals surface area contributed by atoms with Gasteiger partial charge in [-0.3, -0.25) is 14.6 Å². The van der Waals surface area contributed by atoms with Crippen molar-refractivity contribution in [1.82, 2.24) is 15.1 Å². The van der Waals surface area contributed by atoms with Crippen molar-refractivity contribution < 1.29 is 27.1 Å². The number of likely N-dealkylation sites (tertiary alicyclic amines) is 2. The summed E-state index contributed by atoms with van der Waals surface area (Å²) in [5.41, 5.74) is 1.98. The minimum Gasteiger partial charge on any atom is -0.490 e. The summed E-state index contributed by atoms with van der Waals surface area (Å²) in [4.78, 5) is 17.6. The second kappa shape index (κ2) is 12.8. The Morgan fingerprint density at radius 2 is 1.49 bits per heavy atom. The van der Waals surface area contributed by atoms with Gasteiger partial charge in [-0.1, -0.05) is 48.5 Å². The molecule has 0 unspecified atom stereocenters. The number of rotatable bonds is 8. The van der Waals surface area contributed by atoms with Crippen LogP contribution in [0.5, 0.6) is 5.75 Å². The SMILES string of the molecule is O=C(NC1CCN(Cc2ccccc2)CC1)c1cc2cc(OC3CCN(Cc4cccc(C(F)(F)F)c4)CC3)ccc2o1. The highest BCUT2D eigenvalue weighted by Gasteiger charge is 2.31. The molecule has 2 fully saturated rings. The fourth-order valence-electron chi connectivity index (χ4n) is 6.02. The molecule has 9 heteroatoms. The predicted octanol–water partition coefficient (Wildman–Crippen LogP) is 6.89. The summed E-state index contributed by atoms with van der Waals surface area (Å²) in [7, 11) is 0. The van der Waals surface area contributed by atoms with Gasteiger partial charge in [0.05, 0.1) is 5.56 Å². The highest BCUT2D eigenvalue weighted by atomic mass is 19.4. The maximum Gasteiger partial charge on any atom is 0.416 e. The number of amides is 1. The zero-order valence-corrected chi connectivity index (χ0v) is 24.0. The highest BCUT2D eigenvalue weighted by Crippen LogP contribution is 2.31. The van der Waals surface area contributed by atoms with Crippen LogP contribution >= 0.6 is 0 Å². The largest absolute Gasteiger partial charge is 0.490 e. The molecule has 2 aliphatic heterocycles. The average Bonchev–Trinajstić information content (AvgIpc) is 3.43. The number of carbonyl (C=O) groups excluding carboxylic acids is 1. The van der Waals surface area contributed by atoms with E-state index in [0.29, 0.717) is 29.2 Å². The van der Waals surface area contributed by atoms with E-state index in [1.807, 2.05) is 24.3 Å². The fourth-order valence-corrected chi connectivity index (χ4v) is 6.02. The number of ether oxygens (including phenoxy) is 1. The van der Waals surface area contributed by atoms with Crippen LogP contribution in [0.2, 0.25) is 0 Å². The van der Waals surface area contributed by atoms with Gasteiger partial charge in [-0.25, -0.2) is 0 Å². The summed E-state index contributed by atoms with van der Waals surface area (Å²) in [5, 5.41) is 3.95. The Bertz CT molecular complexity index is 1520. The predicted molar refractivity (Wildman–Crippen MR) is 159 cm³/mol. The molecule has 1 aromatic heterocycles. The number of nitrogens with one attached hydrogen (secondary N) is 1. The lowest BCUT2D eigenvalue weighted by atomic mass is 10.0. The number of furan rings is 1. The van der Waals surface area contributed by atoms with Crippen LogP contribution in [0.15, 0.2) is 83.3 Å². The summed E-state index contributed by atoms with van der Waals surface area (Å²) < 4.78 is 51.3.